The summed E-state index contributed by atoms with van der Waals surface area (Å²) in [5.41, 5.74) is -1.16. The Balaban J connectivity index is 1.97. The van der Waals surface area contributed by atoms with Crippen LogP contribution in [0.5, 0.6) is 0 Å². The molecule has 1 unspecified atom stereocenters. The summed E-state index contributed by atoms with van der Waals surface area (Å²) in [5.74, 6) is -0.531. The molecule has 2 rings (SSSR count). The molecule has 1 saturated heterocycles. The Labute approximate surface area is 150 Å². The largest absolute Gasteiger partial charge is 0.418 e. The number of hydrogen-bond donors (Lipinski definition) is 2. The Morgan fingerprint density at radius 3 is 2.35 bits per heavy atom. The van der Waals surface area contributed by atoms with Crippen LogP contribution in [0.15, 0.2) is 24.3 Å². The molecule has 1 atom stereocenters. The summed E-state index contributed by atoms with van der Waals surface area (Å²) in [4.78, 5) is 14.2. The third-order valence-electron chi connectivity index (χ3n) is 4.33. The van der Waals surface area contributed by atoms with Gasteiger partial charge in [-0.2, -0.15) is 13.2 Å². The molecule has 0 bridgehead atoms. The first-order chi connectivity index (χ1) is 12.0. The van der Waals surface area contributed by atoms with Gasteiger partial charge < -0.3 is 5.32 Å². The standard InChI is InChI=1S/C16H22F3N3O3S/c1-11(22-9-7-12(8-10-22)21-26(2,24)25)15(23)20-14-6-4-3-5-13(14)16(17,18)19/h3-6,11-12,21H,7-10H2,1-2H3,(H,20,23). The molecular formula is C16H22F3N3O3S. The summed E-state index contributed by atoms with van der Waals surface area (Å²) >= 11 is 0. The molecule has 26 heavy (non-hydrogen) atoms. The maximum absolute atomic E-state index is 13.0. The lowest BCUT2D eigenvalue weighted by Crippen LogP contribution is -2.50. The number of halogens is 3. The normalized spacial score (nSPS) is 18.5. The maximum atomic E-state index is 13.0. The number of nitrogens with one attached hydrogen (secondary N) is 2. The van der Waals surface area contributed by atoms with Crippen LogP contribution in [0.3, 0.4) is 0 Å². The van der Waals surface area contributed by atoms with Crippen LogP contribution in [0.25, 0.3) is 0 Å². The third-order valence-corrected chi connectivity index (χ3v) is 5.09. The highest BCUT2D eigenvalue weighted by molar-refractivity contribution is 7.88. The monoisotopic (exact) mass is 393 g/mol. The van der Waals surface area contributed by atoms with Crippen molar-refractivity contribution in [3.63, 3.8) is 0 Å². The average Bonchev–Trinajstić information content (AvgIpc) is 2.53. The first-order valence-corrected chi connectivity index (χ1v) is 10.0. The molecule has 1 aromatic rings. The van der Waals surface area contributed by atoms with Crippen molar-refractivity contribution in [3.05, 3.63) is 29.8 Å². The van der Waals surface area contributed by atoms with E-state index in [-0.39, 0.29) is 11.7 Å². The van der Waals surface area contributed by atoms with Gasteiger partial charge in [-0.1, -0.05) is 12.1 Å². The topological polar surface area (TPSA) is 78.5 Å². The van der Waals surface area contributed by atoms with Crippen LogP contribution < -0.4 is 10.0 Å². The van der Waals surface area contributed by atoms with E-state index >= 15 is 0 Å². The van der Waals surface area contributed by atoms with Gasteiger partial charge in [-0.3, -0.25) is 9.69 Å². The van der Waals surface area contributed by atoms with E-state index in [4.69, 9.17) is 0 Å². The molecule has 146 valence electrons. The molecule has 0 saturated carbocycles. The molecule has 2 N–H and O–H groups in total. The number of para-hydroxylation sites is 1. The lowest BCUT2D eigenvalue weighted by Gasteiger charge is -2.35. The zero-order chi connectivity index (χ0) is 19.5. The van der Waals surface area contributed by atoms with Crippen molar-refractivity contribution in [2.75, 3.05) is 24.7 Å². The second-order valence-electron chi connectivity index (χ2n) is 6.41. The Bertz CT molecular complexity index is 745. The van der Waals surface area contributed by atoms with Gasteiger partial charge in [0.15, 0.2) is 0 Å². The molecule has 1 aliphatic rings. The van der Waals surface area contributed by atoms with Gasteiger partial charge in [-0.25, -0.2) is 13.1 Å². The number of piperidine rings is 1. The number of rotatable bonds is 5. The van der Waals surface area contributed by atoms with Crippen molar-refractivity contribution in [2.24, 2.45) is 0 Å². The van der Waals surface area contributed by atoms with E-state index in [2.05, 4.69) is 10.0 Å². The number of likely N-dealkylation sites (tertiary alicyclic amines) is 1. The van der Waals surface area contributed by atoms with Crippen molar-refractivity contribution in [2.45, 2.75) is 38.0 Å². The van der Waals surface area contributed by atoms with E-state index in [1.807, 2.05) is 4.90 Å². The van der Waals surface area contributed by atoms with Crippen LogP contribution in [0, 0.1) is 0 Å². The number of hydrogen-bond acceptors (Lipinski definition) is 4. The fraction of sp³-hybridized carbons (Fsp3) is 0.562. The molecule has 1 amide bonds. The lowest BCUT2D eigenvalue weighted by molar-refractivity contribution is -0.137. The minimum Gasteiger partial charge on any atom is -0.324 e. The summed E-state index contributed by atoms with van der Waals surface area (Å²) in [6.07, 6.45) is -2.40. The highest BCUT2D eigenvalue weighted by Gasteiger charge is 2.34. The van der Waals surface area contributed by atoms with Gasteiger partial charge in [0.25, 0.3) is 0 Å². The lowest BCUT2D eigenvalue weighted by atomic mass is 10.0. The molecule has 6 nitrogen and oxygen atoms in total. The van der Waals surface area contributed by atoms with Gasteiger partial charge in [-0.15, -0.1) is 0 Å². The summed E-state index contributed by atoms with van der Waals surface area (Å²) in [7, 11) is -3.29. The smallest absolute Gasteiger partial charge is 0.324 e. The number of carbonyl (C=O) groups is 1. The predicted octanol–water partition coefficient (Wildman–Crippen LogP) is 2.05. The zero-order valence-corrected chi connectivity index (χ0v) is 15.3. The Kier molecular flexibility index (Phi) is 6.30. The minimum absolute atomic E-state index is 0.192. The molecule has 0 aromatic heterocycles. The minimum atomic E-state index is -4.55. The average molecular weight is 393 g/mol. The number of anilines is 1. The third kappa shape index (κ3) is 5.68. The molecular weight excluding hydrogens is 371 g/mol. The first-order valence-electron chi connectivity index (χ1n) is 8.16. The quantitative estimate of drug-likeness (QED) is 0.803. The van der Waals surface area contributed by atoms with Gasteiger partial charge in [0.05, 0.1) is 23.5 Å². The van der Waals surface area contributed by atoms with Gasteiger partial charge in [0.2, 0.25) is 15.9 Å². The van der Waals surface area contributed by atoms with Crippen LogP contribution in [0.4, 0.5) is 18.9 Å². The number of amides is 1. The number of benzene rings is 1. The van der Waals surface area contributed by atoms with Crippen LogP contribution >= 0.6 is 0 Å². The van der Waals surface area contributed by atoms with Crippen LogP contribution in [-0.4, -0.2) is 50.7 Å². The number of carbonyl (C=O) groups excluding carboxylic acids is 1. The van der Waals surface area contributed by atoms with Gasteiger partial charge in [-0.05, 0) is 31.9 Å². The Morgan fingerprint density at radius 2 is 1.81 bits per heavy atom. The van der Waals surface area contributed by atoms with E-state index in [1.165, 1.54) is 18.2 Å². The number of sulfonamides is 1. The first kappa shape index (κ1) is 20.7. The van der Waals surface area contributed by atoms with E-state index in [9.17, 15) is 26.4 Å². The molecule has 1 aromatic carbocycles. The van der Waals surface area contributed by atoms with Crippen molar-refractivity contribution < 1.29 is 26.4 Å². The van der Waals surface area contributed by atoms with Crippen LogP contribution in [0.2, 0.25) is 0 Å². The van der Waals surface area contributed by atoms with Crippen molar-refractivity contribution in [3.8, 4) is 0 Å². The van der Waals surface area contributed by atoms with Crippen LogP contribution in [0.1, 0.15) is 25.3 Å². The van der Waals surface area contributed by atoms with Crippen molar-refractivity contribution >= 4 is 21.6 Å². The van der Waals surface area contributed by atoms with E-state index in [0.717, 1.165) is 12.3 Å². The van der Waals surface area contributed by atoms with E-state index < -0.39 is 33.7 Å². The van der Waals surface area contributed by atoms with Gasteiger partial charge >= 0.3 is 6.18 Å². The Morgan fingerprint density at radius 1 is 1.23 bits per heavy atom. The maximum Gasteiger partial charge on any atom is 0.418 e. The summed E-state index contributed by atoms with van der Waals surface area (Å²) in [6, 6.07) is 4.01. The summed E-state index contributed by atoms with van der Waals surface area (Å²) < 4.78 is 64.1. The fourth-order valence-corrected chi connectivity index (χ4v) is 3.79. The van der Waals surface area contributed by atoms with Gasteiger partial charge in [0, 0.05) is 19.1 Å². The molecule has 0 radical (unpaired) electrons. The van der Waals surface area contributed by atoms with Crippen molar-refractivity contribution in [1.29, 1.82) is 0 Å². The summed E-state index contributed by atoms with van der Waals surface area (Å²) in [5, 5.41) is 2.35. The SMILES string of the molecule is CC(C(=O)Nc1ccccc1C(F)(F)F)N1CCC(NS(C)(=O)=O)CC1. The molecule has 10 heteroatoms. The van der Waals surface area contributed by atoms with E-state index in [1.54, 1.807) is 6.92 Å². The van der Waals surface area contributed by atoms with Crippen LogP contribution in [-0.2, 0) is 21.0 Å². The number of alkyl halides is 3. The van der Waals surface area contributed by atoms with Gasteiger partial charge in [0.1, 0.15) is 0 Å². The fourth-order valence-electron chi connectivity index (χ4n) is 2.95. The highest BCUT2D eigenvalue weighted by atomic mass is 32.2. The summed E-state index contributed by atoms with van der Waals surface area (Å²) in [6.45, 7) is 2.57. The zero-order valence-electron chi connectivity index (χ0n) is 14.5. The molecule has 1 aliphatic heterocycles. The second kappa shape index (κ2) is 7.93. The molecule has 1 heterocycles. The molecule has 1 fully saturated rings. The highest BCUT2D eigenvalue weighted by Crippen LogP contribution is 2.34. The number of nitrogens with zero attached hydrogens (tertiary/aromatic N) is 1. The van der Waals surface area contributed by atoms with E-state index in [0.29, 0.717) is 25.9 Å². The molecule has 0 spiro atoms. The Hall–Kier alpha value is -1.65. The van der Waals surface area contributed by atoms with Crippen molar-refractivity contribution in [1.82, 2.24) is 9.62 Å². The second-order valence-corrected chi connectivity index (χ2v) is 8.19. The predicted molar refractivity (Wildman–Crippen MR) is 92.1 cm³/mol. The molecule has 0 aliphatic carbocycles.